The number of hydrogen-bond acceptors (Lipinski definition) is 3. The van der Waals surface area contributed by atoms with Gasteiger partial charge in [-0.1, -0.05) is 43.7 Å². The van der Waals surface area contributed by atoms with Gasteiger partial charge in [0.2, 0.25) is 0 Å². The van der Waals surface area contributed by atoms with Crippen LogP contribution in [0.4, 0.5) is 0 Å². The number of likely N-dealkylation sites (tertiary alicyclic amines) is 1. The predicted octanol–water partition coefficient (Wildman–Crippen LogP) is 3.30. The summed E-state index contributed by atoms with van der Waals surface area (Å²) >= 11 is 0. The Labute approximate surface area is 154 Å². The molecule has 26 heavy (non-hydrogen) atoms. The second-order valence-electron chi connectivity index (χ2n) is 7.70. The molecule has 0 bridgehead atoms. The lowest BCUT2D eigenvalue weighted by atomic mass is 9.89. The summed E-state index contributed by atoms with van der Waals surface area (Å²) in [6.45, 7) is 7.64. The topological polar surface area (TPSA) is 66.1 Å². The van der Waals surface area contributed by atoms with E-state index in [-0.39, 0.29) is 11.6 Å². The molecule has 5 heteroatoms. The van der Waals surface area contributed by atoms with Crippen LogP contribution >= 0.6 is 0 Å². The predicted molar refractivity (Wildman–Crippen MR) is 102 cm³/mol. The lowest BCUT2D eigenvalue weighted by molar-refractivity contribution is 0.0700. The number of benzene rings is 1. The Morgan fingerprint density at radius 2 is 2.15 bits per heavy atom. The van der Waals surface area contributed by atoms with E-state index < -0.39 is 5.69 Å². The number of rotatable bonds is 4. The molecule has 2 aromatic rings. The molecule has 1 amide bonds. The summed E-state index contributed by atoms with van der Waals surface area (Å²) in [5, 5.41) is 0. The standard InChI is InChI=1S/C21H27N3O2/c1-14(2)10-18-12-19(23-21(26)22-18)20(25)24-9-5-8-17(13-24)16-7-4-6-15(3)11-16/h4,6-7,11-12,14,17H,5,8-10,13H2,1-3H3,(H,22,23,26)/t17-/m1/s1. The Morgan fingerprint density at radius 1 is 1.35 bits per heavy atom. The first-order valence-corrected chi connectivity index (χ1v) is 9.38. The average molecular weight is 353 g/mol. The summed E-state index contributed by atoms with van der Waals surface area (Å²) in [6, 6.07) is 10.2. The first-order chi connectivity index (χ1) is 12.4. The van der Waals surface area contributed by atoms with Gasteiger partial charge >= 0.3 is 5.69 Å². The van der Waals surface area contributed by atoms with Crippen molar-refractivity contribution < 1.29 is 4.79 Å². The van der Waals surface area contributed by atoms with Crippen LogP contribution in [0.2, 0.25) is 0 Å². The molecular weight excluding hydrogens is 326 g/mol. The highest BCUT2D eigenvalue weighted by Gasteiger charge is 2.26. The van der Waals surface area contributed by atoms with Crippen molar-refractivity contribution in [1.82, 2.24) is 14.9 Å². The Kier molecular flexibility index (Phi) is 5.55. The average Bonchev–Trinajstić information content (AvgIpc) is 2.60. The first-order valence-electron chi connectivity index (χ1n) is 9.38. The second kappa shape index (κ2) is 7.85. The Balaban J connectivity index is 1.79. The van der Waals surface area contributed by atoms with Crippen LogP contribution in [0.25, 0.3) is 0 Å². The molecule has 0 radical (unpaired) electrons. The third-order valence-corrected chi connectivity index (χ3v) is 4.87. The molecular formula is C21H27N3O2. The molecule has 2 heterocycles. The highest BCUT2D eigenvalue weighted by atomic mass is 16.2. The van der Waals surface area contributed by atoms with Crippen LogP contribution in [-0.4, -0.2) is 33.9 Å². The number of piperidine rings is 1. The van der Waals surface area contributed by atoms with Gasteiger partial charge in [0.15, 0.2) is 0 Å². The van der Waals surface area contributed by atoms with Crippen LogP contribution in [0.5, 0.6) is 0 Å². The van der Waals surface area contributed by atoms with Gasteiger partial charge in [-0.25, -0.2) is 4.79 Å². The number of nitrogens with one attached hydrogen (secondary N) is 1. The van der Waals surface area contributed by atoms with Crippen LogP contribution in [0, 0.1) is 12.8 Å². The maximum absolute atomic E-state index is 12.9. The Morgan fingerprint density at radius 3 is 2.88 bits per heavy atom. The zero-order chi connectivity index (χ0) is 18.7. The number of hydrogen-bond donors (Lipinski definition) is 1. The van der Waals surface area contributed by atoms with Gasteiger partial charge in [-0.3, -0.25) is 4.79 Å². The molecule has 0 aliphatic carbocycles. The number of H-pyrrole nitrogens is 1. The summed E-state index contributed by atoms with van der Waals surface area (Å²) in [5.41, 5.74) is 3.10. The van der Waals surface area contributed by atoms with Crippen molar-refractivity contribution in [3.63, 3.8) is 0 Å². The van der Waals surface area contributed by atoms with E-state index in [0.717, 1.165) is 31.5 Å². The van der Waals surface area contributed by atoms with E-state index in [2.05, 4.69) is 55.0 Å². The monoisotopic (exact) mass is 353 g/mol. The molecule has 1 saturated heterocycles. The Hall–Kier alpha value is -2.43. The maximum Gasteiger partial charge on any atom is 0.345 e. The summed E-state index contributed by atoms with van der Waals surface area (Å²) in [4.78, 5) is 33.3. The second-order valence-corrected chi connectivity index (χ2v) is 7.70. The largest absolute Gasteiger partial charge is 0.345 e. The summed E-state index contributed by atoms with van der Waals surface area (Å²) in [6.07, 6.45) is 2.77. The zero-order valence-corrected chi connectivity index (χ0v) is 15.8. The van der Waals surface area contributed by atoms with E-state index in [9.17, 15) is 9.59 Å². The highest BCUT2D eigenvalue weighted by Crippen LogP contribution is 2.28. The van der Waals surface area contributed by atoms with E-state index in [4.69, 9.17) is 0 Å². The third kappa shape index (κ3) is 4.40. The number of nitrogens with zero attached hydrogens (tertiary/aromatic N) is 2. The summed E-state index contributed by atoms with van der Waals surface area (Å²) in [5.74, 6) is 0.597. The molecule has 1 aromatic heterocycles. The number of carbonyl (C=O) groups is 1. The minimum atomic E-state index is -0.446. The number of aromatic amines is 1. The van der Waals surface area contributed by atoms with Gasteiger partial charge in [0, 0.05) is 24.7 Å². The van der Waals surface area contributed by atoms with E-state index in [1.165, 1.54) is 11.1 Å². The quantitative estimate of drug-likeness (QED) is 0.917. The van der Waals surface area contributed by atoms with Crippen LogP contribution < -0.4 is 5.69 Å². The third-order valence-electron chi connectivity index (χ3n) is 4.87. The van der Waals surface area contributed by atoms with Crippen LogP contribution in [0.3, 0.4) is 0 Å². The fraction of sp³-hybridized carbons (Fsp3) is 0.476. The fourth-order valence-electron chi connectivity index (χ4n) is 3.69. The Bertz CT molecular complexity index is 841. The van der Waals surface area contributed by atoms with Crippen LogP contribution in [-0.2, 0) is 6.42 Å². The molecule has 0 saturated carbocycles. The fourth-order valence-corrected chi connectivity index (χ4v) is 3.69. The van der Waals surface area contributed by atoms with Crippen molar-refractivity contribution in [1.29, 1.82) is 0 Å². The molecule has 1 N–H and O–H groups in total. The number of aryl methyl sites for hydroxylation is 1. The molecule has 0 spiro atoms. The van der Waals surface area contributed by atoms with E-state index >= 15 is 0 Å². The van der Waals surface area contributed by atoms with Gasteiger partial charge in [-0.15, -0.1) is 0 Å². The van der Waals surface area contributed by atoms with Crippen LogP contribution in [0.1, 0.15) is 59.9 Å². The minimum absolute atomic E-state index is 0.140. The first kappa shape index (κ1) is 18.4. The zero-order valence-electron chi connectivity index (χ0n) is 15.8. The van der Waals surface area contributed by atoms with Gasteiger partial charge in [-0.05, 0) is 43.7 Å². The van der Waals surface area contributed by atoms with Gasteiger partial charge in [0.1, 0.15) is 5.69 Å². The SMILES string of the molecule is Cc1cccc([C@@H]2CCCN(C(=O)c3cc(CC(C)C)[nH]c(=O)n3)C2)c1. The molecule has 1 aromatic carbocycles. The number of amides is 1. The summed E-state index contributed by atoms with van der Waals surface area (Å²) in [7, 11) is 0. The van der Waals surface area contributed by atoms with Crippen molar-refractivity contribution in [3.8, 4) is 0 Å². The van der Waals surface area contributed by atoms with Crippen molar-refractivity contribution in [2.24, 2.45) is 5.92 Å². The molecule has 5 nitrogen and oxygen atoms in total. The molecule has 0 unspecified atom stereocenters. The van der Waals surface area contributed by atoms with E-state index in [0.29, 0.717) is 18.4 Å². The molecule has 1 aliphatic heterocycles. The smallest absolute Gasteiger partial charge is 0.337 e. The van der Waals surface area contributed by atoms with Gasteiger partial charge in [0.05, 0.1) is 0 Å². The minimum Gasteiger partial charge on any atom is -0.337 e. The lowest BCUT2D eigenvalue weighted by Gasteiger charge is -2.33. The molecule has 3 rings (SSSR count). The van der Waals surface area contributed by atoms with Crippen molar-refractivity contribution >= 4 is 5.91 Å². The normalized spacial score (nSPS) is 17.5. The number of carbonyl (C=O) groups excluding carboxylic acids is 1. The van der Waals surface area contributed by atoms with Crippen molar-refractivity contribution in [2.45, 2.75) is 46.0 Å². The van der Waals surface area contributed by atoms with Gasteiger partial charge < -0.3 is 9.88 Å². The molecule has 1 atom stereocenters. The van der Waals surface area contributed by atoms with E-state index in [1.807, 2.05) is 4.90 Å². The lowest BCUT2D eigenvalue weighted by Crippen LogP contribution is -2.40. The van der Waals surface area contributed by atoms with Crippen molar-refractivity contribution in [2.75, 3.05) is 13.1 Å². The number of aromatic nitrogens is 2. The molecule has 1 fully saturated rings. The van der Waals surface area contributed by atoms with Gasteiger partial charge in [0.25, 0.3) is 5.91 Å². The van der Waals surface area contributed by atoms with E-state index in [1.54, 1.807) is 6.07 Å². The van der Waals surface area contributed by atoms with Crippen molar-refractivity contribution in [3.05, 3.63) is 63.3 Å². The molecule has 1 aliphatic rings. The maximum atomic E-state index is 12.9. The van der Waals surface area contributed by atoms with Crippen LogP contribution in [0.15, 0.2) is 35.1 Å². The highest BCUT2D eigenvalue weighted by molar-refractivity contribution is 5.92. The molecule has 138 valence electrons. The van der Waals surface area contributed by atoms with Gasteiger partial charge in [-0.2, -0.15) is 4.98 Å². The summed E-state index contributed by atoms with van der Waals surface area (Å²) < 4.78 is 0.